The molecule has 3 aromatic rings. The van der Waals surface area contributed by atoms with Crippen molar-refractivity contribution in [2.45, 2.75) is 13.0 Å². The largest absolute Gasteiger partial charge is 0.419 e. The number of benzene rings is 2. The highest BCUT2D eigenvalue weighted by atomic mass is 19.1. The Morgan fingerprint density at radius 3 is 2.57 bits per heavy atom. The number of halogens is 1. The molecule has 2 aromatic carbocycles. The molecule has 106 valence electrons. The van der Waals surface area contributed by atoms with E-state index < -0.39 is 6.04 Å². The lowest BCUT2D eigenvalue weighted by molar-refractivity contribution is 0.484. The van der Waals surface area contributed by atoms with Gasteiger partial charge in [0, 0.05) is 5.56 Å². The molecule has 1 aromatic heterocycles. The van der Waals surface area contributed by atoms with Crippen LogP contribution in [0.15, 0.2) is 52.9 Å². The minimum absolute atomic E-state index is 0.264. The normalized spacial score (nSPS) is 12.3. The highest BCUT2D eigenvalue weighted by Crippen LogP contribution is 2.24. The van der Waals surface area contributed by atoms with E-state index in [9.17, 15) is 4.39 Å². The second-order valence-corrected chi connectivity index (χ2v) is 4.80. The van der Waals surface area contributed by atoms with Crippen LogP contribution in [0.1, 0.15) is 23.1 Å². The summed E-state index contributed by atoms with van der Waals surface area (Å²) in [6.07, 6.45) is 0. The van der Waals surface area contributed by atoms with E-state index in [1.807, 2.05) is 30.3 Å². The summed E-state index contributed by atoms with van der Waals surface area (Å²) in [5.74, 6) is 0.400. The molecule has 4 nitrogen and oxygen atoms in total. The fourth-order valence-corrected chi connectivity index (χ4v) is 2.06. The van der Waals surface area contributed by atoms with Crippen LogP contribution >= 0.6 is 0 Å². The second-order valence-electron chi connectivity index (χ2n) is 4.80. The Labute approximate surface area is 121 Å². The highest BCUT2D eigenvalue weighted by Gasteiger charge is 2.17. The number of aromatic nitrogens is 2. The van der Waals surface area contributed by atoms with E-state index in [2.05, 4.69) is 10.2 Å². The summed E-state index contributed by atoms with van der Waals surface area (Å²) >= 11 is 0. The van der Waals surface area contributed by atoms with Gasteiger partial charge in [0.2, 0.25) is 11.8 Å². The molecule has 3 rings (SSSR count). The predicted molar refractivity (Wildman–Crippen MR) is 76.9 cm³/mol. The molecule has 1 heterocycles. The molecule has 0 saturated heterocycles. The van der Waals surface area contributed by atoms with Crippen molar-refractivity contribution in [3.05, 3.63) is 71.4 Å². The average molecular weight is 283 g/mol. The van der Waals surface area contributed by atoms with Gasteiger partial charge in [0.15, 0.2) is 0 Å². The summed E-state index contributed by atoms with van der Waals surface area (Å²) in [5, 5.41) is 7.97. The van der Waals surface area contributed by atoms with Crippen LogP contribution in [0.3, 0.4) is 0 Å². The molecule has 0 fully saturated rings. The van der Waals surface area contributed by atoms with Gasteiger partial charge in [0.25, 0.3) is 0 Å². The van der Waals surface area contributed by atoms with Crippen LogP contribution in [0.2, 0.25) is 0 Å². The van der Waals surface area contributed by atoms with Crippen LogP contribution in [0.25, 0.3) is 11.5 Å². The Bertz CT molecular complexity index is 755. The summed E-state index contributed by atoms with van der Waals surface area (Å²) in [6.45, 7) is 1.69. The lowest BCUT2D eigenvalue weighted by atomic mass is 10.1. The van der Waals surface area contributed by atoms with Gasteiger partial charge in [-0.1, -0.05) is 30.3 Å². The third-order valence-electron chi connectivity index (χ3n) is 3.27. The van der Waals surface area contributed by atoms with Crippen molar-refractivity contribution < 1.29 is 8.81 Å². The number of hydrogen-bond acceptors (Lipinski definition) is 4. The molecule has 0 aliphatic carbocycles. The zero-order chi connectivity index (χ0) is 14.8. The van der Waals surface area contributed by atoms with Crippen LogP contribution in [0.4, 0.5) is 4.39 Å². The minimum Gasteiger partial charge on any atom is -0.419 e. The van der Waals surface area contributed by atoms with Gasteiger partial charge in [-0.25, -0.2) is 4.39 Å². The molecular weight excluding hydrogens is 269 g/mol. The SMILES string of the molecule is Cc1cc(-c2nnc(C(N)c3ccccc3)o2)ccc1F. The first kappa shape index (κ1) is 13.5. The molecule has 0 aliphatic rings. The van der Waals surface area contributed by atoms with Crippen molar-refractivity contribution in [2.24, 2.45) is 5.73 Å². The van der Waals surface area contributed by atoms with E-state index in [-0.39, 0.29) is 5.82 Å². The van der Waals surface area contributed by atoms with Crippen molar-refractivity contribution in [3.8, 4) is 11.5 Å². The maximum atomic E-state index is 13.3. The fourth-order valence-electron chi connectivity index (χ4n) is 2.06. The quantitative estimate of drug-likeness (QED) is 0.801. The molecule has 0 amide bonds. The summed E-state index contributed by atoms with van der Waals surface area (Å²) in [6, 6.07) is 13.7. The van der Waals surface area contributed by atoms with Gasteiger partial charge in [-0.2, -0.15) is 0 Å². The molecule has 0 spiro atoms. The number of rotatable bonds is 3. The highest BCUT2D eigenvalue weighted by molar-refractivity contribution is 5.54. The van der Waals surface area contributed by atoms with Gasteiger partial charge < -0.3 is 10.2 Å². The van der Waals surface area contributed by atoms with Gasteiger partial charge >= 0.3 is 0 Å². The van der Waals surface area contributed by atoms with E-state index in [1.54, 1.807) is 19.1 Å². The number of nitrogens with zero attached hydrogens (tertiary/aromatic N) is 2. The van der Waals surface area contributed by atoms with Crippen molar-refractivity contribution in [1.29, 1.82) is 0 Å². The lowest BCUT2D eigenvalue weighted by Gasteiger charge is -2.06. The molecule has 0 radical (unpaired) electrons. The molecule has 2 N–H and O–H groups in total. The Kier molecular flexibility index (Phi) is 3.50. The molecular formula is C16H14FN3O. The number of nitrogens with two attached hydrogens (primary N) is 1. The summed E-state index contributed by atoms with van der Waals surface area (Å²) < 4.78 is 18.9. The van der Waals surface area contributed by atoms with Crippen molar-refractivity contribution in [1.82, 2.24) is 10.2 Å². The lowest BCUT2D eigenvalue weighted by Crippen LogP contribution is -2.11. The smallest absolute Gasteiger partial charge is 0.247 e. The third-order valence-corrected chi connectivity index (χ3v) is 3.27. The zero-order valence-corrected chi connectivity index (χ0v) is 11.5. The van der Waals surface area contributed by atoms with Crippen LogP contribution in [-0.2, 0) is 0 Å². The van der Waals surface area contributed by atoms with Gasteiger partial charge in [-0.15, -0.1) is 10.2 Å². The number of aryl methyl sites for hydroxylation is 1. The van der Waals surface area contributed by atoms with Gasteiger partial charge in [-0.3, -0.25) is 0 Å². The molecule has 5 heteroatoms. The molecule has 0 aliphatic heterocycles. The molecule has 0 saturated carbocycles. The molecule has 0 bridgehead atoms. The molecule has 1 unspecified atom stereocenters. The Balaban J connectivity index is 1.91. The second kappa shape index (κ2) is 5.46. The van der Waals surface area contributed by atoms with E-state index in [0.717, 1.165) is 5.56 Å². The van der Waals surface area contributed by atoms with Crippen LogP contribution in [0.5, 0.6) is 0 Å². The summed E-state index contributed by atoms with van der Waals surface area (Å²) in [5.41, 5.74) is 8.20. The first-order chi connectivity index (χ1) is 10.1. The maximum absolute atomic E-state index is 13.3. The minimum atomic E-state index is -0.478. The summed E-state index contributed by atoms with van der Waals surface area (Å²) in [4.78, 5) is 0. The zero-order valence-electron chi connectivity index (χ0n) is 11.5. The van der Waals surface area contributed by atoms with Crippen molar-refractivity contribution in [2.75, 3.05) is 0 Å². The van der Waals surface area contributed by atoms with E-state index in [1.165, 1.54) is 6.07 Å². The monoisotopic (exact) mass is 283 g/mol. The predicted octanol–water partition coefficient (Wildman–Crippen LogP) is 3.23. The number of hydrogen-bond donors (Lipinski definition) is 1. The Morgan fingerprint density at radius 1 is 1.10 bits per heavy atom. The Morgan fingerprint density at radius 2 is 1.86 bits per heavy atom. The first-order valence-electron chi connectivity index (χ1n) is 6.55. The molecule has 1 atom stereocenters. The van der Waals surface area contributed by atoms with E-state index in [0.29, 0.717) is 22.9 Å². The van der Waals surface area contributed by atoms with Crippen LogP contribution in [0, 0.1) is 12.7 Å². The third kappa shape index (κ3) is 2.68. The van der Waals surface area contributed by atoms with Crippen molar-refractivity contribution in [3.63, 3.8) is 0 Å². The van der Waals surface area contributed by atoms with Gasteiger partial charge in [-0.05, 0) is 36.2 Å². The fraction of sp³-hybridized carbons (Fsp3) is 0.125. The first-order valence-corrected chi connectivity index (χ1v) is 6.55. The summed E-state index contributed by atoms with van der Waals surface area (Å²) in [7, 11) is 0. The van der Waals surface area contributed by atoms with Gasteiger partial charge in [0.05, 0.1) is 0 Å². The van der Waals surface area contributed by atoms with Crippen molar-refractivity contribution >= 4 is 0 Å². The standard InChI is InChI=1S/C16H14FN3O/c1-10-9-12(7-8-13(10)17)15-19-20-16(21-15)14(18)11-5-3-2-4-6-11/h2-9,14H,18H2,1H3. The maximum Gasteiger partial charge on any atom is 0.247 e. The Hall–Kier alpha value is -2.53. The van der Waals surface area contributed by atoms with Crippen LogP contribution in [-0.4, -0.2) is 10.2 Å². The van der Waals surface area contributed by atoms with E-state index >= 15 is 0 Å². The van der Waals surface area contributed by atoms with E-state index in [4.69, 9.17) is 10.2 Å². The van der Waals surface area contributed by atoms with Gasteiger partial charge in [0.1, 0.15) is 11.9 Å². The molecule has 21 heavy (non-hydrogen) atoms. The van der Waals surface area contributed by atoms with Crippen LogP contribution < -0.4 is 5.73 Å². The topological polar surface area (TPSA) is 64.9 Å². The average Bonchev–Trinajstić information content (AvgIpc) is 3.00.